The van der Waals surface area contributed by atoms with Crippen molar-refractivity contribution in [3.05, 3.63) is 88.4 Å². The lowest BCUT2D eigenvalue weighted by Crippen LogP contribution is -2.26. The predicted octanol–water partition coefficient (Wildman–Crippen LogP) is 2.34. The van der Waals surface area contributed by atoms with Crippen molar-refractivity contribution >= 4 is 23.2 Å². The Morgan fingerprint density at radius 2 is 2.00 bits per heavy atom. The molecule has 0 saturated heterocycles. The molecule has 13 nitrogen and oxygen atoms in total. The van der Waals surface area contributed by atoms with E-state index in [1.807, 2.05) is 0 Å². The summed E-state index contributed by atoms with van der Waals surface area (Å²) in [6, 6.07) is 10.8. The first-order chi connectivity index (χ1) is 16.4. The third kappa shape index (κ3) is 4.93. The largest absolute Gasteiger partial charge is 0.467 e. The fraction of sp³-hybridized carbons (Fsp3) is 0.143. The molecule has 0 fully saturated rings. The van der Waals surface area contributed by atoms with Gasteiger partial charge in [0.1, 0.15) is 11.5 Å². The summed E-state index contributed by atoms with van der Waals surface area (Å²) in [7, 11) is 1.58. The molecule has 0 bridgehead atoms. The average molecular weight is 465 g/mol. The number of carbonyl (C=O) groups is 2. The molecular weight excluding hydrogens is 446 g/mol. The van der Waals surface area contributed by atoms with Crippen molar-refractivity contribution in [2.75, 3.05) is 5.32 Å². The van der Waals surface area contributed by atoms with Gasteiger partial charge in [-0.2, -0.15) is 10.2 Å². The zero-order valence-electron chi connectivity index (χ0n) is 17.9. The van der Waals surface area contributed by atoms with E-state index in [9.17, 15) is 19.7 Å². The number of nitro benzene ring substituents is 1. The number of rotatable bonds is 9. The van der Waals surface area contributed by atoms with E-state index in [1.165, 1.54) is 52.3 Å². The number of hydrogen-bond acceptors (Lipinski definition) is 8. The Labute approximate surface area is 192 Å². The lowest BCUT2D eigenvalue weighted by atomic mass is 10.3. The molecular formula is C21H19N7O6. The molecule has 0 aliphatic heterocycles. The zero-order chi connectivity index (χ0) is 24.1. The lowest BCUT2D eigenvalue weighted by molar-refractivity contribution is -0.386. The maximum absolute atomic E-state index is 12.7. The number of benzene rings is 1. The summed E-state index contributed by atoms with van der Waals surface area (Å²) in [5.74, 6) is -0.364. The molecule has 13 heteroatoms. The van der Waals surface area contributed by atoms with Gasteiger partial charge in [0.05, 0.1) is 29.6 Å². The van der Waals surface area contributed by atoms with Crippen LogP contribution >= 0.6 is 0 Å². The summed E-state index contributed by atoms with van der Waals surface area (Å²) >= 11 is 0. The van der Waals surface area contributed by atoms with Crippen LogP contribution in [0, 0.1) is 10.1 Å². The number of nitrogens with one attached hydrogen (secondary N) is 2. The van der Waals surface area contributed by atoms with Crippen LogP contribution in [0.2, 0.25) is 0 Å². The highest BCUT2D eigenvalue weighted by atomic mass is 16.6. The first-order valence-electron chi connectivity index (χ1n) is 9.96. The Balaban J connectivity index is 1.40. The van der Waals surface area contributed by atoms with E-state index in [-0.39, 0.29) is 41.8 Å². The summed E-state index contributed by atoms with van der Waals surface area (Å²) in [6.07, 6.45) is 4.35. The van der Waals surface area contributed by atoms with Crippen LogP contribution in [0.4, 0.5) is 11.4 Å². The van der Waals surface area contributed by atoms with Crippen molar-refractivity contribution in [1.29, 1.82) is 0 Å². The van der Waals surface area contributed by atoms with Crippen LogP contribution < -0.4 is 15.4 Å². The van der Waals surface area contributed by atoms with Gasteiger partial charge < -0.3 is 19.8 Å². The average Bonchev–Trinajstić information content (AvgIpc) is 3.58. The van der Waals surface area contributed by atoms with Crippen LogP contribution in [0.5, 0.6) is 5.75 Å². The van der Waals surface area contributed by atoms with Crippen molar-refractivity contribution in [2.24, 2.45) is 7.05 Å². The van der Waals surface area contributed by atoms with Crippen LogP contribution in [-0.4, -0.2) is 36.3 Å². The smallest absolute Gasteiger partial charge is 0.311 e. The van der Waals surface area contributed by atoms with Crippen LogP contribution in [0.1, 0.15) is 26.7 Å². The van der Waals surface area contributed by atoms with Crippen LogP contribution in [0.3, 0.4) is 0 Å². The quantitative estimate of drug-likeness (QED) is 0.281. The Hall–Kier alpha value is -4.94. The monoisotopic (exact) mass is 465 g/mol. The molecule has 1 aromatic carbocycles. The van der Waals surface area contributed by atoms with Gasteiger partial charge in [-0.1, -0.05) is 12.1 Å². The minimum Gasteiger partial charge on any atom is -0.467 e. The lowest BCUT2D eigenvalue weighted by Gasteiger charge is -2.08. The normalized spacial score (nSPS) is 10.6. The van der Waals surface area contributed by atoms with Gasteiger partial charge in [-0.05, 0) is 24.3 Å². The summed E-state index contributed by atoms with van der Waals surface area (Å²) in [5, 5.41) is 24.6. The summed E-state index contributed by atoms with van der Waals surface area (Å²) < 4.78 is 13.3. The van der Waals surface area contributed by atoms with Crippen molar-refractivity contribution in [1.82, 2.24) is 24.9 Å². The number of carbonyl (C=O) groups excluding carboxylic acids is 2. The fourth-order valence-electron chi connectivity index (χ4n) is 3.07. The number of aryl methyl sites for hydroxylation is 1. The van der Waals surface area contributed by atoms with Crippen molar-refractivity contribution in [3.8, 4) is 5.75 Å². The van der Waals surface area contributed by atoms with E-state index in [4.69, 9.17) is 9.15 Å². The SMILES string of the molecule is Cn1ncc(NC(=O)c2ccn(COc3ccccc3[N+](=O)[O-])n2)c1C(=O)NCc1ccco1. The molecule has 0 radical (unpaired) electrons. The van der Waals surface area contributed by atoms with E-state index >= 15 is 0 Å². The van der Waals surface area contributed by atoms with Crippen LogP contribution in [0.25, 0.3) is 0 Å². The molecule has 0 aliphatic carbocycles. The summed E-state index contributed by atoms with van der Waals surface area (Å²) in [5.41, 5.74) is 0.230. The molecule has 0 unspecified atom stereocenters. The third-order valence-electron chi connectivity index (χ3n) is 4.69. The zero-order valence-corrected chi connectivity index (χ0v) is 17.9. The third-order valence-corrected chi connectivity index (χ3v) is 4.69. The fourth-order valence-corrected chi connectivity index (χ4v) is 3.07. The van der Waals surface area contributed by atoms with Gasteiger partial charge in [0.15, 0.2) is 18.2 Å². The van der Waals surface area contributed by atoms with E-state index in [0.29, 0.717) is 5.76 Å². The van der Waals surface area contributed by atoms with E-state index in [1.54, 1.807) is 25.2 Å². The van der Waals surface area contributed by atoms with Crippen molar-refractivity contribution in [3.63, 3.8) is 0 Å². The Bertz CT molecular complexity index is 1330. The number of nitrogens with zero attached hydrogens (tertiary/aromatic N) is 5. The predicted molar refractivity (Wildman–Crippen MR) is 117 cm³/mol. The Kier molecular flexibility index (Phi) is 6.34. The van der Waals surface area contributed by atoms with Crippen LogP contribution in [0.15, 0.2) is 65.5 Å². The van der Waals surface area contributed by atoms with Crippen molar-refractivity contribution in [2.45, 2.75) is 13.3 Å². The van der Waals surface area contributed by atoms with Gasteiger partial charge in [-0.3, -0.25) is 24.4 Å². The second-order valence-corrected chi connectivity index (χ2v) is 6.99. The molecule has 0 spiro atoms. The van der Waals surface area contributed by atoms with Gasteiger partial charge in [0, 0.05) is 19.3 Å². The molecule has 0 aliphatic rings. The first-order valence-corrected chi connectivity index (χ1v) is 9.96. The molecule has 0 saturated carbocycles. The minimum absolute atomic E-state index is 0.0527. The Morgan fingerprint density at radius 3 is 2.76 bits per heavy atom. The molecule has 3 heterocycles. The molecule has 2 N–H and O–H groups in total. The minimum atomic E-state index is -0.572. The molecule has 3 aromatic heterocycles. The molecule has 4 aromatic rings. The Morgan fingerprint density at radius 1 is 1.18 bits per heavy atom. The standard InChI is InChI=1S/C21H19N7O6/c1-26-19(21(30)22-11-14-5-4-10-33-14)16(12-23-26)24-20(29)15-8-9-27(25-15)13-34-18-7-3-2-6-17(18)28(31)32/h2-10,12H,11,13H2,1H3,(H,22,30)(H,24,29). The number of nitro groups is 1. The first kappa shape index (κ1) is 22.3. The number of furan rings is 1. The van der Waals surface area contributed by atoms with Crippen LogP contribution in [-0.2, 0) is 20.3 Å². The highest BCUT2D eigenvalue weighted by Gasteiger charge is 2.20. The van der Waals surface area contributed by atoms with Gasteiger partial charge >= 0.3 is 5.69 Å². The number of hydrogen-bond donors (Lipinski definition) is 2. The second-order valence-electron chi connectivity index (χ2n) is 6.99. The number of aromatic nitrogens is 4. The van der Waals surface area contributed by atoms with E-state index in [2.05, 4.69) is 20.8 Å². The number of amides is 2. The molecule has 34 heavy (non-hydrogen) atoms. The van der Waals surface area contributed by atoms with Gasteiger partial charge in [-0.25, -0.2) is 4.68 Å². The van der Waals surface area contributed by atoms with E-state index in [0.717, 1.165) is 0 Å². The highest BCUT2D eigenvalue weighted by molar-refractivity contribution is 6.07. The van der Waals surface area contributed by atoms with Gasteiger partial charge in [0.2, 0.25) is 0 Å². The highest BCUT2D eigenvalue weighted by Crippen LogP contribution is 2.26. The molecule has 0 atom stereocenters. The van der Waals surface area contributed by atoms with Gasteiger partial charge in [0.25, 0.3) is 11.8 Å². The maximum Gasteiger partial charge on any atom is 0.311 e. The molecule has 4 rings (SSSR count). The van der Waals surface area contributed by atoms with Gasteiger partial charge in [-0.15, -0.1) is 0 Å². The summed E-state index contributed by atoms with van der Waals surface area (Å²) in [6.45, 7) is 0.0276. The summed E-state index contributed by atoms with van der Waals surface area (Å²) in [4.78, 5) is 35.8. The number of para-hydroxylation sites is 2. The number of anilines is 1. The maximum atomic E-state index is 12.7. The topological polar surface area (TPSA) is 159 Å². The van der Waals surface area contributed by atoms with E-state index < -0.39 is 16.7 Å². The second kappa shape index (κ2) is 9.68. The molecule has 2 amide bonds. The molecule has 174 valence electrons. The van der Waals surface area contributed by atoms with Crippen molar-refractivity contribution < 1.29 is 23.7 Å². The number of ether oxygens (including phenoxy) is 1.